The predicted octanol–water partition coefficient (Wildman–Crippen LogP) is 1.12. The summed E-state index contributed by atoms with van der Waals surface area (Å²) in [5.41, 5.74) is 4.68. The minimum Gasteiger partial charge on any atom is -0.393 e. The van der Waals surface area contributed by atoms with Crippen LogP contribution in [0.2, 0.25) is 0 Å². The van der Waals surface area contributed by atoms with Crippen LogP contribution in [0.4, 0.5) is 5.69 Å². The van der Waals surface area contributed by atoms with Crippen molar-refractivity contribution in [1.29, 1.82) is 0 Å². The maximum Gasteiger partial charge on any atom is 0.255 e. The summed E-state index contributed by atoms with van der Waals surface area (Å²) in [6, 6.07) is 5.48. The molecule has 18 heavy (non-hydrogen) atoms. The minimum atomic E-state index is -0.412. The Balaban J connectivity index is 2.85. The Bertz CT molecular complexity index is 419. The van der Waals surface area contributed by atoms with Crippen LogP contribution in [-0.2, 0) is 0 Å². The molecule has 1 atom stereocenters. The molecule has 1 rings (SSSR count). The third-order valence-electron chi connectivity index (χ3n) is 2.79. The van der Waals surface area contributed by atoms with Crippen molar-refractivity contribution in [1.82, 2.24) is 4.90 Å². The van der Waals surface area contributed by atoms with Gasteiger partial charge in [0.2, 0.25) is 0 Å². The number of nitrogens with two attached hydrogens (primary N) is 1. The van der Waals surface area contributed by atoms with Gasteiger partial charge in [0.25, 0.3) is 5.91 Å². The molecular weight excluding hydrogens is 230 g/mol. The lowest BCUT2D eigenvalue weighted by Crippen LogP contribution is -2.30. The Kier molecular flexibility index (Phi) is 5.12. The normalized spacial score (nSPS) is 12.1. The molecule has 0 heterocycles. The van der Waals surface area contributed by atoms with Gasteiger partial charge < -0.3 is 15.4 Å². The number of hydrogen-bond acceptors (Lipinski definition) is 4. The highest BCUT2D eigenvalue weighted by Crippen LogP contribution is 2.18. The monoisotopic (exact) mass is 251 g/mol. The van der Waals surface area contributed by atoms with Crippen molar-refractivity contribution < 1.29 is 9.90 Å². The summed E-state index contributed by atoms with van der Waals surface area (Å²) in [6.45, 7) is 4.14. The molecule has 100 valence electrons. The smallest absolute Gasteiger partial charge is 0.255 e. The van der Waals surface area contributed by atoms with E-state index in [-0.39, 0.29) is 5.91 Å². The van der Waals surface area contributed by atoms with Gasteiger partial charge in [-0.2, -0.15) is 0 Å². The van der Waals surface area contributed by atoms with E-state index in [1.807, 2.05) is 13.0 Å². The van der Waals surface area contributed by atoms with Crippen LogP contribution in [0.3, 0.4) is 0 Å². The first-order chi connectivity index (χ1) is 8.45. The van der Waals surface area contributed by atoms with Gasteiger partial charge in [0.15, 0.2) is 0 Å². The number of carbonyl (C=O) groups is 1. The van der Waals surface area contributed by atoms with E-state index in [1.165, 1.54) is 0 Å². The third-order valence-corrected chi connectivity index (χ3v) is 2.79. The molecule has 0 spiro atoms. The van der Waals surface area contributed by atoms with E-state index < -0.39 is 6.10 Å². The Labute approximate surface area is 108 Å². The molecular formula is C13H21N3O2. The molecule has 0 radical (unpaired) electrons. The Morgan fingerprint density at radius 2 is 2.22 bits per heavy atom. The Hall–Kier alpha value is -1.59. The van der Waals surface area contributed by atoms with Crippen molar-refractivity contribution in [3.63, 3.8) is 0 Å². The van der Waals surface area contributed by atoms with Crippen LogP contribution < -0.4 is 11.3 Å². The molecule has 1 aromatic rings. The summed E-state index contributed by atoms with van der Waals surface area (Å²) >= 11 is 0. The van der Waals surface area contributed by atoms with Crippen molar-refractivity contribution in [2.75, 3.05) is 19.0 Å². The molecule has 0 aliphatic heterocycles. The van der Waals surface area contributed by atoms with E-state index >= 15 is 0 Å². The van der Waals surface area contributed by atoms with Crippen LogP contribution >= 0.6 is 0 Å². The Morgan fingerprint density at radius 3 is 2.78 bits per heavy atom. The summed E-state index contributed by atoms with van der Waals surface area (Å²) < 4.78 is 0. The fourth-order valence-corrected chi connectivity index (χ4v) is 1.65. The van der Waals surface area contributed by atoms with E-state index in [1.54, 1.807) is 31.0 Å². The van der Waals surface area contributed by atoms with Gasteiger partial charge >= 0.3 is 0 Å². The maximum absolute atomic E-state index is 12.2. The summed E-state index contributed by atoms with van der Waals surface area (Å²) in [5.74, 6) is 5.30. The predicted molar refractivity (Wildman–Crippen MR) is 72.2 cm³/mol. The molecule has 0 saturated heterocycles. The summed E-state index contributed by atoms with van der Waals surface area (Å²) in [4.78, 5) is 13.8. The quantitative estimate of drug-likeness (QED) is 0.541. The van der Waals surface area contributed by atoms with Crippen LogP contribution in [0, 0.1) is 6.92 Å². The topological polar surface area (TPSA) is 78.6 Å². The molecule has 0 aliphatic carbocycles. The number of aryl methyl sites for hydroxylation is 1. The van der Waals surface area contributed by atoms with Gasteiger partial charge in [0.05, 0.1) is 17.4 Å². The molecule has 0 bridgehead atoms. The lowest BCUT2D eigenvalue weighted by Gasteiger charge is -2.20. The van der Waals surface area contributed by atoms with Crippen LogP contribution in [0.1, 0.15) is 29.3 Å². The SMILES string of the molecule is Cc1ccc(NN)c(C(=O)N(C)CCC(C)O)c1. The van der Waals surface area contributed by atoms with Crippen LogP contribution in [0.25, 0.3) is 0 Å². The van der Waals surface area contributed by atoms with Crippen LogP contribution in [0.5, 0.6) is 0 Å². The zero-order valence-corrected chi connectivity index (χ0v) is 11.1. The molecule has 0 aliphatic rings. The first kappa shape index (κ1) is 14.5. The number of anilines is 1. The van der Waals surface area contributed by atoms with Gasteiger partial charge in [-0.25, -0.2) is 0 Å². The average molecular weight is 251 g/mol. The zero-order chi connectivity index (χ0) is 13.7. The molecule has 1 aromatic carbocycles. The van der Waals surface area contributed by atoms with E-state index in [0.717, 1.165) is 5.56 Å². The van der Waals surface area contributed by atoms with Crippen LogP contribution in [-0.4, -0.2) is 35.6 Å². The molecule has 4 N–H and O–H groups in total. The highest BCUT2D eigenvalue weighted by molar-refractivity contribution is 5.99. The number of hydrazine groups is 1. The Morgan fingerprint density at radius 1 is 1.56 bits per heavy atom. The van der Waals surface area contributed by atoms with Gasteiger partial charge in [-0.3, -0.25) is 10.6 Å². The molecule has 1 amide bonds. The molecule has 0 fully saturated rings. The van der Waals surface area contributed by atoms with Gasteiger partial charge in [-0.05, 0) is 32.4 Å². The number of amides is 1. The fraction of sp³-hybridized carbons (Fsp3) is 0.462. The first-order valence-corrected chi connectivity index (χ1v) is 5.96. The summed E-state index contributed by atoms with van der Waals surface area (Å²) in [5, 5.41) is 9.23. The molecule has 5 nitrogen and oxygen atoms in total. The highest BCUT2D eigenvalue weighted by Gasteiger charge is 2.16. The van der Waals surface area contributed by atoms with Crippen molar-refractivity contribution in [2.45, 2.75) is 26.4 Å². The number of aliphatic hydroxyl groups is 1. The minimum absolute atomic E-state index is 0.104. The summed E-state index contributed by atoms with van der Waals surface area (Å²) in [7, 11) is 1.72. The van der Waals surface area contributed by atoms with Crippen molar-refractivity contribution >= 4 is 11.6 Å². The second-order valence-corrected chi connectivity index (χ2v) is 4.56. The first-order valence-electron chi connectivity index (χ1n) is 5.96. The number of nitrogens with zero attached hydrogens (tertiary/aromatic N) is 1. The average Bonchev–Trinajstić information content (AvgIpc) is 2.34. The van der Waals surface area contributed by atoms with Gasteiger partial charge in [-0.1, -0.05) is 11.6 Å². The molecule has 5 heteroatoms. The van der Waals surface area contributed by atoms with Crippen LogP contribution in [0.15, 0.2) is 18.2 Å². The third kappa shape index (κ3) is 3.72. The molecule has 1 unspecified atom stereocenters. The van der Waals surface area contributed by atoms with E-state index in [9.17, 15) is 9.90 Å². The number of hydrogen-bond donors (Lipinski definition) is 3. The van der Waals surface area contributed by atoms with Gasteiger partial charge in [0, 0.05) is 13.6 Å². The zero-order valence-electron chi connectivity index (χ0n) is 11.1. The lowest BCUT2D eigenvalue weighted by atomic mass is 10.1. The lowest BCUT2D eigenvalue weighted by molar-refractivity contribution is 0.0770. The largest absolute Gasteiger partial charge is 0.393 e. The van der Waals surface area contributed by atoms with Gasteiger partial charge in [-0.15, -0.1) is 0 Å². The van der Waals surface area contributed by atoms with Gasteiger partial charge in [0.1, 0.15) is 0 Å². The standard InChI is InChI=1S/C13H21N3O2/c1-9-4-5-12(15-14)11(8-9)13(18)16(3)7-6-10(2)17/h4-5,8,10,15,17H,6-7,14H2,1-3H3. The second-order valence-electron chi connectivity index (χ2n) is 4.56. The number of nitrogens with one attached hydrogen (secondary N) is 1. The number of rotatable bonds is 5. The van der Waals surface area contributed by atoms with E-state index in [2.05, 4.69) is 5.43 Å². The highest BCUT2D eigenvalue weighted by atomic mass is 16.3. The molecule has 0 aromatic heterocycles. The van der Waals surface area contributed by atoms with Crippen molar-refractivity contribution in [3.8, 4) is 0 Å². The van der Waals surface area contributed by atoms with E-state index in [4.69, 9.17) is 5.84 Å². The number of nitrogen functional groups attached to an aromatic ring is 1. The van der Waals surface area contributed by atoms with Crippen molar-refractivity contribution in [2.24, 2.45) is 5.84 Å². The fourth-order valence-electron chi connectivity index (χ4n) is 1.65. The second kappa shape index (κ2) is 6.37. The number of carbonyl (C=O) groups excluding carboxylic acids is 1. The molecule has 0 saturated carbocycles. The summed E-state index contributed by atoms with van der Waals surface area (Å²) in [6.07, 6.45) is 0.143. The van der Waals surface area contributed by atoms with E-state index in [0.29, 0.717) is 24.2 Å². The number of benzene rings is 1. The maximum atomic E-state index is 12.2. The van der Waals surface area contributed by atoms with Crippen molar-refractivity contribution in [3.05, 3.63) is 29.3 Å². The number of aliphatic hydroxyl groups excluding tert-OH is 1.